The molecule has 2 rings (SSSR count). The highest BCUT2D eigenvalue weighted by atomic mass is 16.1. The Morgan fingerprint density at radius 2 is 2.10 bits per heavy atom. The normalized spacial score (nSPS) is 22.0. The summed E-state index contributed by atoms with van der Waals surface area (Å²) in [5.74, 6) is 1.56. The van der Waals surface area contributed by atoms with Gasteiger partial charge in [0.25, 0.3) is 5.91 Å². The van der Waals surface area contributed by atoms with E-state index in [1.807, 2.05) is 0 Å². The fourth-order valence-electron chi connectivity index (χ4n) is 3.01. The van der Waals surface area contributed by atoms with E-state index in [2.05, 4.69) is 18.3 Å². The fourth-order valence-corrected chi connectivity index (χ4v) is 3.01. The van der Waals surface area contributed by atoms with Crippen LogP contribution in [-0.4, -0.2) is 12.5 Å². The van der Waals surface area contributed by atoms with Gasteiger partial charge in [0, 0.05) is 12.1 Å². The van der Waals surface area contributed by atoms with Gasteiger partial charge in [-0.1, -0.05) is 26.2 Å². The number of hydrogen-bond donors (Lipinski definition) is 1. The number of carbonyl (C=O) groups is 1. The van der Waals surface area contributed by atoms with Crippen molar-refractivity contribution in [2.24, 2.45) is 11.8 Å². The Hall–Kier alpha value is -1.82. The quantitative estimate of drug-likeness (QED) is 0.910. The first-order valence-corrected chi connectivity index (χ1v) is 7.47. The van der Waals surface area contributed by atoms with E-state index in [-0.39, 0.29) is 5.91 Å². The summed E-state index contributed by atoms with van der Waals surface area (Å²) in [6.45, 7) is 3.07. The molecule has 1 saturated carbocycles. The minimum atomic E-state index is -0.0432. The Bertz CT molecular complexity index is 487. The van der Waals surface area contributed by atoms with Crippen LogP contribution >= 0.6 is 0 Å². The Balaban J connectivity index is 1.75. The van der Waals surface area contributed by atoms with Gasteiger partial charge < -0.3 is 5.32 Å². The van der Waals surface area contributed by atoms with Crippen LogP contribution in [-0.2, 0) is 0 Å². The van der Waals surface area contributed by atoms with E-state index in [0.29, 0.717) is 11.1 Å². The smallest absolute Gasteiger partial charge is 0.251 e. The van der Waals surface area contributed by atoms with E-state index >= 15 is 0 Å². The number of nitrogens with one attached hydrogen (secondary N) is 1. The number of benzene rings is 1. The van der Waals surface area contributed by atoms with Gasteiger partial charge in [-0.2, -0.15) is 5.26 Å². The predicted octanol–water partition coefficient (Wildman–Crippen LogP) is 3.50. The average Bonchev–Trinajstić information content (AvgIpc) is 2.47. The summed E-state index contributed by atoms with van der Waals surface area (Å²) in [6, 6.07) is 8.82. The van der Waals surface area contributed by atoms with Gasteiger partial charge in [0.2, 0.25) is 0 Å². The third-order valence-corrected chi connectivity index (χ3v) is 4.16. The molecule has 1 fully saturated rings. The Morgan fingerprint density at radius 3 is 2.75 bits per heavy atom. The topological polar surface area (TPSA) is 52.9 Å². The summed E-state index contributed by atoms with van der Waals surface area (Å²) in [6.07, 6.45) is 6.36. The van der Waals surface area contributed by atoms with Crippen molar-refractivity contribution >= 4 is 5.91 Å². The van der Waals surface area contributed by atoms with Crippen LogP contribution in [0.15, 0.2) is 24.3 Å². The molecule has 0 saturated heterocycles. The van der Waals surface area contributed by atoms with Crippen LogP contribution < -0.4 is 5.32 Å². The Labute approximate surface area is 121 Å². The van der Waals surface area contributed by atoms with Gasteiger partial charge in [-0.15, -0.1) is 0 Å². The summed E-state index contributed by atoms with van der Waals surface area (Å²) in [7, 11) is 0. The van der Waals surface area contributed by atoms with Gasteiger partial charge in [0.05, 0.1) is 11.6 Å². The molecule has 1 aromatic carbocycles. The first kappa shape index (κ1) is 14.6. The second-order valence-corrected chi connectivity index (χ2v) is 5.87. The molecule has 0 heterocycles. The summed E-state index contributed by atoms with van der Waals surface area (Å²) in [5, 5.41) is 11.7. The van der Waals surface area contributed by atoms with E-state index in [1.165, 1.54) is 25.7 Å². The summed E-state index contributed by atoms with van der Waals surface area (Å²) in [5.41, 5.74) is 1.21. The minimum Gasteiger partial charge on any atom is -0.352 e. The standard InChI is InChI=1S/C17H22N2O/c1-13-3-2-4-14(11-13)9-10-19-17(20)16-7-5-15(12-18)6-8-16/h5-8,13-14H,2-4,9-11H2,1H3,(H,19,20). The maximum Gasteiger partial charge on any atom is 0.251 e. The van der Waals surface area contributed by atoms with Gasteiger partial charge in [0.15, 0.2) is 0 Å². The largest absolute Gasteiger partial charge is 0.352 e. The number of nitrogens with zero attached hydrogens (tertiary/aromatic N) is 1. The zero-order valence-electron chi connectivity index (χ0n) is 12.1. The summed E-state index contributed by atoms with van der Waals surface area (Å²) < 4.78 is 0. The van der Waals surface area contributed by atoms with E-state index < -0.39 is 0 Å². The minimum absolute atomic E-state index is 0.0432. The van der Waals surface area contributed by atoms with Gasteiger partial charge in [-0.05, 0) is 48.9 Å². The van der Waals surface area contributed by atoms with Gasteiger partial charge in [-0.25, -0.2) is 0 Å². The van der Waals surface area contributed by atoms with Crippen molar-refractivity contribution in [3.63, 3.8) is 0 Å². The molecule has 2 unspecified atom stereocenters. The molecule has 1 N–H and O–H groups in total. The van der Waals surface area contributed by atoms with Crippen LogP contribution in [0.2, 0.25) is 0 Å². The molecule has 1 aliphatic carbocycles. The van der Waals surface area contributed by atoms with E-state index in [1.54, 1.807) is 24.3 Å². The lowest BCUT2D eigenvalue weighted by atomic mass is 9.81. The molecule has 20 heavy (non-hydrogen) atoms. The molecule has 106 valence electrons. The van der Waals surface area contributed by atoms with Crippen LogP contribution in [0.3, 0.4) is 0 Å². The first-order valence-electron chi connectivity index (χ1n) is 7.47. The molecule has 1 amide bonds. The van der Waals surface area contributed by atoms with Crippen LogP contribution in [0.1, 0.15) is 54.9 Å². The van der Waals surface area contributed by atoms with Gasteiger partial charge >= 0.3 is 0 Å². The maximum absolute atomic E-state index is 12.0. The van der Waals surface area contributed by atoms with Gasteiger partial charge in [0.1, 0.15) is 0 Å². The maximum atomic E-state index is 12.0. The molecule has 0 aromatic heterocycles. The zero-order chi connectivity index (χ0) is 14.4. The Kier molecular flexibility index (Phi) is 5.17. The molecule has 1 aromatic rings. The first-order chi connectivity index (χ1) is 9.69. The lowest BCUT2D eigenvalue weighted by Gasteiger charge is -2.26. The summed E-state index contributed by atoms with van der Waals surface area (Å²) in [4.78, 5) is 12.0. The third-order valence-electron chi connectivity index (χ3n) is 4.16. The highest BCUT2D eigenvalue weighted by Crippen LogP contribution is 2.30. The molecule has 0 spiro atoms. The van der Waals surface area contributed by atoms with Crippen molar-refractivity contribution in [1.29, 1.82) is 5.26 Å². The third kappa shape index (κ3) is 4.09. The number of rotatable bonds is 4. The highest BCUT2D eigenvalue weighted by Gasteiger charge is 2.18. The molecule has 3 heteroatoms. The van der Waals surface area contributed by atoms with E-state index in [9.17, 15) is 4.79 Å². The highest BCUT2D eigenvalue weighted by molar-refractivity contribution is 5.94. The van der Waals surface area contributed by atoms with Crippen LogP contribution in [0.25, 0.3) is 0 Å². The molecule has 1 aliphatic rings. The average molecular weight is 270 g/mol. The van der Waals surface area contributed by atoms with Crippen LogP contribution in [0.5, 0.6) is 0 Å². The van der Waals surface area contributed by atoms with Crippen molar-refractivity contribution in [3.05, 3.63) is 35.4 Å². The number of nitriles is 1. The molecule has 2 atom stereocenters. The number of hydrogen-bond acceptors (Lipinski definition) is 2. The van der Waals surface area contributed by atoms with Gasteiger partial charge in [-0.3, -0.25) is 4.79 Å². The molecular formula is C17H22N2O. The number of carbonyl (C=O) groups excluding carboxylic acids is 1. The Morgan fingerprint density at radius 1 is 1.35 bits per heavy atom. The molecular weight excluding hydrogens is 248 g/mol. The lowest BCUT2D eigenvalue weighted by Crippen LogP contribution is -2.27. The van der Waals surface area contributed by atoms with E-state index in [0.717, 1.165) is 24.8 Å². The van der Waals surface area contributed by atoms with Crippen molar-refractivity contribution < 1.29 is 4.79 Å². The zero-order valence-corrected chi connectivity index (χ0v) is 12.1. The van der Waals surface area contributed by atoms with Crippen molar-refractivity contribution in [2.75, 3.05) is 6.54 Å². The van der Waals surface area contributed by atoms with E-state index in [4.69, 9.17) is 5.26 Å². The van der Waals surface area contributed by atoms with Crippen molar-refractivity contribution in [3.8, 4) is 6.07 Å². The second kappa shape index (κ2) is 7.09. The SMILES string of the molecule is CC1CCCC(CCNC(=O)c2ccc(C#N)cc2)C1. The van der Waals surface area contributed by atoms with Crippen LogP contribution in [0, 0.1) is 23.2 Å². The van der Waals surface area contributed by atoms with Crippen LogP contribution in [0.4, 0.5) is 0 Å². The molecule has 3 nitrogen and oxygen atoms in total. The van der Waals surface area contributed by atoms with Crippen molar-refractivity contribution in [2.45, 2.75) is 39.0 Å². The summed E-state index contributed by atoms with van der Waals surface area (Å²) >= 11 is 0. The fraction of sp³-hybridized carbons (Fsp3) is 0.529. The second-order valence-electron chi connectivity index (χ2n) is 5.87. The monoisotopic (exact) mass is 270 g/mol. The predicted molar refractivity (Wildman–Crippen MR) is 79.2 cm³/mol. The number of amides is 1. The molecule has 0 bridgehead atoms. The van der Waals surface area contributed by atoms with Crippen molar-refractivity contribution in [1.82, 2.24) is 5.32 Å². The molecule has 0 radical (unpaired) electrons. The molecule has 0 aliphatic heterocycles. The lowest BCUT2D eigenvalue weighted by molar-refractivity contribution is 0.0949.